The number of rotatable bonds is 7. The Morgan fingerprint density at radius 2 is 2.33 bits per heavy atom. The predicted octanol–water partition coefficient (Wildman–Crippen LogP) is 2.91. The van der Waals surface area contributed by atoms with Crippen molar-refractivity contribution in [1.82, 2.24) is 5.32 Å². The first-order valence-corrected chi connectivity index (χ1v) is 7.13. The van der Waals surface area contributed by atoms with Gasteiger partial charge in [0.05, 0.1) is 11.0 Å². The summed E-state index contributed by atoms with van der Waals surface area (Å²) in [6.45, 7) is 2.60. The standard InChI is InChI=1S/C14H16ClN3O3/c1-2-17-14(8-16,10-3-4-10)9-21-13-7-11(15)5-6-12(13)18(19)20/h5-7,10,17H,2-4,9H2,1H3. The number of ether oxygens (including phenoxy) is 1. The molecule has 0 radical (unpaired) electrons. The van der Waals surface area contributed by atoms with Crippen LogP contribution in [0.1, 0.15) is 19.8 Å². The summed E-state index contributed by atoms with van der Waals surface area (Å²) in [6, 6.07) is 6.42. The average Bonchev–Trinajstić information content (AvgIpc) is 3.28. The fourth-order valence-electron chi connectivity index (χ4n) is 2.31. The third-order valence-corrected chi connectivity index (χ3v) is 3.78. The number of likely N-dealkylation sites (N-methyl/N-ethyl adjacent to an activating group) is 1. The quantitative estimate of drug-likeness (QED) is 0.618. The second-order valence-corrected chi connectivity index (χ2v) is 5.48. The molecule has 112 valence electrons. The zero-order chi connectivity index (χ0) is 15.5. The van der Waals surface area contributed by atoms with Crippen LogP contribution in [0.4, 0.5) is 5.69 Å². The van der Waals surface area contributed by atoms with Crippen molar-refractivity contribution in [2.75, 3.05) is 13.2 Å². The van der Waals surface area contributed by atoms with Gasteiger partial charge in [-0.3, -0.25) is 15.4 Å². The molecule has 0 heterocycles. The number of hydrogen-bond donors (Lipinski definition) is 1. The van der Waals surface area contributed by atoms with Gasteiger partial charge in [0.1, 0.15) is 12.1 Å². The molecule has 0 aliphatic heterocycles. The second-order valence-electron chi connectivity index (χ2n) is 5.05. The normalized spacial score (nSPS) is 16.8. The summed E-state index contributed by atoms with van der Waals surface area (Å²) in [6.07, 6.45) is 1.92. The number of halogens is 1. The zero-order valence-corrected chi connectivity index (χ0v) is 12.4. The first-order chi connectivity index (χ1) is 10.0. The van der Waals surface area contributed by atoms with E-state index in [1.165, 1.54) is 18.2 Å². The van der Waals surface area contributed by atoms with E-state index in [-0.39, 0.29) is 24.0 Å². The molecule has 6 nitrogen and oxygen atoms in total. The summed E-state index contributed by atoms with van der Waals surface area (Å²) >= 11 is 5.86. The number of nitro benzene ring substituents is 1. The number of hydrogen-bond acceptors (Lipinski definition) is 5. The van der Waals surface area contributed by atoms with Crippen LogP contribution in [0.2, 0.25) is 5.02 Å². The molecular formula is C14H16ClN3O3. The van der Waals surface area contributed by atoms with Gasteiger partial charge in [0.2, 0.25) is 0 Å². The Bertz CT molecular complexity index is 583. The molecule has 0 amide bonds. The summed E-state index contributed by atoms with van der Waals surface area (Å²) < 4.78 is 5.58. The van der Waals surface area contributed by atoms with E-state index in [0.717, 1.165) is 12.8 Å². The SMILES string of the molecule is CCNC(C#N)(COc1cc(Cl)ccc1[N+](=O)[O-])C1CC1. The van der Waals surface area contributed by atoms with Crippen LogP contribution in [-0.4, -0.2) is 23.6 Å². The fraction of sp³-hybridized carbons (Fsp3) is 0.500. The van der Waals surface area contributed by atoms with Gasteiger partial charge in [-0.25, -0.2) is 0 Å². The maximum atomic E-state index is 11.0. The van der Waals surface area contributed by atoms with Gasteiger partial charge in [-0.15, -0.1) is 0 Å². The number of nitriles is 1. The molecule has 1 fully saturated rings. The summed E-state index contributed by atoms with van der Waals surface area (Å²) in [5, 5.41) is 24.0. The van der Waals surface area contributed by atoms with Crippen molar-refractivity contribution in [3.63, 3.8) is 0 Å². The molecule has 1 saturated carbocycles. The number of nitrogens with one attached hydrogen (secondary N) is 1. The van der Waals surface area contributed by atoms with E-state index in [0.29, 0.717) is 11.6 Å². The molecule has 2 rings (SSSR count). The largest absolute Gasteiger partial charge is 0.484 e. The Hall–Kier alpha value is -1.84. The highest BCUT2D eigenvalue weighted by Gasteiger charge is 2.46. The number of nitro groups is 1. The van der Waals surface area contributed by atoms with Crippen LogP contribution in [0.5, 0.6) is 5.75 Å². The lowest BCUT2D eigenvalue weighted by Gasteiger charge is -2.27. The molecule has 1 aromatic carbocycles. The van der Waals surface area contributed by atoms with E-state index in [1.807, 2.05) is 6.92 Å². The maximum absolute atomic E-state index is 11.0. The molecular weight excluding hydrogens is 294 g/mol. The predicted molar refractivity (Wildman–Crippen MR) is 78.3 cm³/mol. The van der Waals surface area contributed by atoms with Gasteiger partial charge in [-0.1, -0.05) is 18.5 Å². The minimum absolute atomic E-state index is 0.0587. The topological polar surface area (TPSA) is 88.2 Å². The first-order valence-electron chi connectivity index (χ1n) is 6.75. The van der Waals surface area contributed by atoms with Crippen molar-refractivity contribution in [3.8, 4) is 11.8 Å². The van der Waals surface area contributed by atoms with Gasteiger partial charge < -0.3 is 4.74 Å². The Morgan fingerprint density at radius 3 is 2.86 bits per heavy atom. The van der Waals surface area contributed by atoms with Gasteiger partial charge >= 0.3 is 5.69 Å². The molecule has 0 saturated heterocycles. The summed E-state index contributed by atoms with van der Waals surface area (Å²) in [4.78, 5) is 10.5. The van der Waals surface area contributed by atoms with Crippen molar-refractivity contribution in [1.29, 1.82) is 5.26 Å². The average molecular weight is 310 g/mol. The van der Waals surface area contributed by atoms with E-state index in [9.17, 15) is 15.4 Å². The number of benzene rings is 1. The molecule has 1 unspecified atom stereocenters. The molecule has 1 N–H and O–H groups in total. The fourth-order valence-corrected chi connectivity index (χ4v) is 2.48. The van der Waals surface area contributed by atoms with Gasteiger partial charge in [0.15, 0.2) is 5.75 Å². The molecule has 21 heavy (non-hydrogen) atoms. The van der Waals surface area contributed by atoms with Gasteiger partial charge in [0.25, 0.3) is 0 Å². The molecule has 1 aliphatic carbocycles. The molecule has 1 aliphatic rings. The summed E-state index contributed by atoms with van der Waals surface area (Å²) in [7, 11) is 0. The van der Waals surface area contributed by atoms with Crippen molar-refractivity contribution in [2.45, 2.75) is 25.3 Å². The van der Waals surface area contributed by atoms with E-state index in [2.05, 4.69) is 11.4 Å². The van der Waals surface area contributed by atoms with E-state index >= 15 is 0 Å². The molecule has 7 heteroatoms. The van der Waals surface area contributed by atoms with Crippen LogP contribution in [-0.2, 0) is 0 Å². The summed E-state index contributed by atoms with van der Waals surface area (Å²) in [5.41, 5.74) is -0.955. The highest BCUT2D eigenvalue weighted by Crippen LogP contribution is 2.40. The molecule has 1 aromatic rings. The number of nitrogens with zero attached hydrogens (tertiary/aromatic N) is 2. The van der Waals surface area contributed by atoms with Crippen LogP contribution in [0.25, 0.3) is 0 Å². The van der Waals surface area contributed by atoms with E-state index in [4.69, 9.17) is 16.3 Å². The third kappa shape index (κ3) is 3.43. The van der Waals surface area contributed by atoms with Gasteiger partial charge in [-0.05, 0) is 31.4 Å². The lowest BCUT2D eigenvalue weighted by Crippen LogP contribution is -2.50. The Labute approximate surface area is 127 Å². The third-order valence-electron chi connectivity index (χ3n) is 3.54. The molecule has 1 atom stereocenters. The first kappa shape index (κ1) is 15.5. The lowest BCUT2D eigenvalue weighted by molar-refractivity contribution is -0.385. The van der Waals surface area contributed by atoms with Gasteiger partial charge in [0, 0.05) is 17.2 Å². The Kier molecular flexibility index (Phi) is 4.66. The van der Waals surface area contributed by atoms with Crippen LogP contribution in [0.3, 0.4) is 0 Å². The minimum Gasteiger partial charge on any atom is -0.484 e. The van der Waals surface area contributed by atoms with E-state index in [1.54, 1.807) is 0 Å². The van der Waals surface area contributed by atoms with E-state index < -0.39 is 10.5 Å². The van der Waals surface area contributed by atoms with Crippen molar-refractivity contribution >= 4 is 17.3 Å². The van der Waals surface area contributed by atoms with Crippen LogP contribution in [0, 0.1) is 27.4 Å². The lowest BCUT2D eigenvalue weighted by atomic mass is 9.96. The second kappa shape index (κ2) is 6.29. The Morgan fingerprint density at radius 1 is 1.62 bits per heavy atom. The minimum atomic E-state index is -0.801. The van der Waals surface area contributed by atoms with Crippen LogP contribution in [0.15, 0.2) is 18.2 Å². The highest BCUT2D eigenvalue weighted by atomic mass is 35.5. The van der Waals surface area contributed by atoms with Crippen molar-refractivity contribution in [3.05, 3.63) is 33.3 Å². The highest BCUT2D eigenvalue weighted by molar-refractivity contribution is 6.30. The smallest absolute Gasteiger partial charge is 0.311 e. The van der Waals surface area contributed by atoms with Crippen LogP contribution >= 0.6 is 11.6 Å². The monoisotopic (exact) mass is 309 g/mol. The molecule has 0 aromatic heterocycles. The van der Waals surface area contributed by atoms with Gasteiger partial charge in [-0.2, -0.15) is 5.26 Å². The zero-order valence-electron chi connectivity index (χ0n) is 11.6. The summed E-state index contributed by atoms with van der Waals surface area (Å²) in [5.74, 6) is 0.311. The Balaban J connectivity index is 2.20. The molecule has 0 bridgehead atoms. The van der Waals surface area contributed by atoms with Crippen molar-refractivity contribution in [2.24, 2.45) is 5.92 Å². The molecule has 0 spiro atoms. The van der Waals surface area contributed by atoms with Crippen molar-refractivity contribution < 1.29 is 9.66 Å². The maximum Gasteiger partial charge on any atom is 0.311 e. The van der Waals surface area contributed by atoms with Crippen LogP contribution < -0.4 is 10.1 Å².